The Morgan fingerprint density at radius 1 is 1.27 bits per heavy atom. The molecule has 9 heteroatoms. The number of hydrogen-bond acceptors (Lipinski definition) is 5. The first-order valence-electron chi connectivity index (χ1n) is 10.0. The Morgan fingerprint density at radius 3 is 2.80 bits per heavy atom. The van der Waals surface area contributed by atoms with Crippen LogP contribution in [0.15, 0.2) is 53.7 Å². The third-order valence-electron chi connectivity index (χ3n) is 4.95. The largest absolute Gasteiger partial charge is 0.356 e. The maximum absolute atomic E-state index is 12.3. The second kappa shape index (κ2) is 10.6. The number of guanidine groups is 1. The van der Waals surface area contributed by atoms with Crippen LogP contribution in [0.3, 0.4) is 0 Å². The molecule has 7 nitrogen and oxygen atoms in total. The fourth-order valence-corrected chi connectivity index (χ4v) is 5.14. The highest BCUT2D eigenvalue weighted by atomic mass is 35.5. The number of benzene rings is 1. The minimum atomic E-state index is -3.13. The van der Waals surface area contributed by atoms with Crippen molar-refractivity contribution >= 4 is 33.2 Å². The van der Waals surface area contributed by atoms with Crippen molar-refractivity contribution in [2.75, 3.05) is 37.3 Å². The van der Waals surface area contributed by atoms with E-state index in [0.29, 0.717) is 23.9 Å². The molecule has 2 aromatic rings. The molecule has 1 saturated heterocycles. The molecule has 0 aliphatic carbocycles. The fourth-order valence-electron chi connectivity index (χ4n) is 3.47. The normalized spacial score (nSPS) is 17.2. The minimum absolute atomic E-state index is 0.0782. The number of aliphatic imine (C=N–C) groups is 1. The summed E-state index contributed by atoms with van der Waals surface area (Å²) in [5.74, 6) is 1.69. The van der Waals surface area contributed by atoms with Gasteiger partial charge in [-0.1, -0.05) is 41.9 Å². The van der Waals surface area contributed by atoms with E-state index in [2.05, 4.69) is 25.5 Å². The van der Waals surface area contributed by atoms with E-state index in [1.165, 1.54) is 0 Å². The molecule has 3 rings (SSSR count). The van der Waals surface area contributed by atoms with Gasteiger partial charge in [-0.3, -0.25) is 4.99 Å². The zero-order valence-corrected chi connectivity index (χ0v) is 18.7. The van der Waals surface area contributed by atoms with Crippen LogP contribution >= 0.6 is 11.6 Å². The summed E-state index contributed by atoms with van der Waals surface area (Å²) in [6.45, 7) is 2.18. The van der Waals surface area contributed by atoms with Crippen molar-refractivity contribution in [3.8, 4) is 0 Å². The lowest BCUT2D eigenvalue weighted by molar-refractivity contribution is 0.591. The molecule has 1 aliphatic heterocycles. The number of nitrogens with zero attached hydrogens (tertiary/aromatic N) is 3. The van der Waals surface area contributed by atoms with Gasteiger partial charge in [0.2, 0.25) is 0 Å². The van der Waals surface area contributed by atoms with Crippen LogP contribution in [-0.4, -0.2) is 57.8 Å². The van der Waals surface area contributed by atoms with Gasteiger partial charge < -0.3 is 15.5 Å². The lowest BCUT2D eigenvalue weighted by atomic mass is 10.2. The quantitative estimate of drug-likeness (QED) is 0.366. The summed E-state index contributed by atoms with van der Waals surface area (Å²) in [5, 5.41) is 7.26. The molecule has 1 aliphatic rings. The predicted octanol–water partition coefficient (Wildman–Crippen LogP) is 2.48. The number of aromatic nitrogens is 1. The van der Waals surface area contributed by atoms with Crippen molar-refractivity contribution in [3.05, 3.63) is 59.2 Å². The molecular formula is C21H28ClN5O2S. The molecule has 30 heavy (non-hydrogen) atoms. The van der Waals surface area contributed by atoms with Gasteiger partial charge in [0.15, 0.2) is 15.8 Å². The van der Waals surface area contributed by atoms with Gasteiger partial charge in [-0.2, -0.15) is 0 Å². The number of halogens is 1. The van der Waals surface area contributed by atoms with Crippen LogP contribution in [-0.2, 0) is 15.6 Å². The van der Waals surface area contributed by atoms with Gasteiger partial charge in [-0.25, -0.2) is 13.4 Å². The fraction of sp³-hybridized carbons (Fsp3) is 0.429. The first-order chi connectivity index (χ1) is 14.5. The molecule has 2 N–H and O–H groups in total. The molecule has 1 aromatic carbocycles. The summed E-state index contributed by atoms with van der Waals surface area (Å²) in [5.41, 5.74) is 0.821. The SMILES string of the molecule is CN=C(NCCCS(=O)(=O)Cc1ccccc1)NC1CCN(c2ncccc2Cl)C1. The van der Waals surface area contributed by atoms with Gasteiger partial charge in [0.25, 0.3) is 0 Å². The molecule has 0 bridgehead atoms. The van der Waals surface area contributed by atoms with Crippen molar-refractivity contribution in [3.63, 3.8) is 0 Å². The van der Waals surface area contributed by atoms with E-state index >= 15 is 0 Å². The van der Waals surface area contributed by atoms with Gasteiger partial charge in [0.05, 0.1) is 16.5 Å². The number of anilines is 1. The van der Waals surface area contributed by atoms with Crippen molar-refractivity contribution in [1.29, 1.82) is 0 Å². The molecule has 162 valence electrons. The summed E-state index contributed by atoms with van der Waals surface area (Å²) in [4.78, 5) is 10.8. The number of hydrogen-bond donors (Lipinski definition) is 2. The monoisotopic (exact) mass is 449 g/mol. The first kappa shape index (κ1) is 22.4. The maximum atomic E-state index is 12.3. The Balaban J connectivity index is 1.41. The molecule has 0 amide bonds. The molecule has 0 saturated carbocycles. The van der Waals surface area contributed by atoms with Crippen LogP contribution in [0.25, 0.3) is 0 Å². The Hall–Kier alpha value is -2.32. The van der Waals surface area contributed by atoms with E-state index in [9.17, 15) is 8.42 Å². The van der Waals surface area contributed by atoms with Crippen LogP contribution < -0.4 is 15.5 Å². The Morgan fingerprint density at radius 2 is 2.07 bits per heavy atom. The second-order valence-corrected chi connectivity index (χ2v) is 9.91. The average Bonchev–Trinajstić information content (AvgIpc) is 3.19. The van der Waals surface area contributed by atoms with Crippen LogP contribution in [0, 0.1) is 0 Å². The number of nitrogens with one attached hydrogen (secondary N) is 2. The van der Waals surface area contributed by atoms with Crippen molar-refractivity contribution in [2.45, 2.75) is 24.6 Å². The van der Waals surface area contributed by atoms with E-state index in [1.807, 2.05) is 42.5 Å². The van der Waals surface area contributed by atoms with E-state index in [1.54, 1.807) is 13.2 Å². The maximum Gasteiger partial charge on any atom is 0.191 e. The van der Waals surface area contributed by atoms with E-state index in [-0.39, 0.29) is 17.5 Å². The third kappa shape index (κ3) is 6.60. The highest BCUT2D eigenvalue weighted by Crippen LogP contribution is 2.25. The Kier molecular flexibility index (Phi) is 7.93. The molecule has 0 radical (unpaired) electrons. The van der Waals surface area contributed by atoms with Crippen LogP contribution in [0.5, 0.6) is 0 Å². The summed E-state index contributed by atoms with van der Waals surface area (Å²) < 4.78 is 24.6. The predicted molar refractivity (Wildman–Crippen MR) is 123 cm³/mol. The highest BCUT2D eigenvalue weighted by molar-refractivity contribution is 7.90. The highest BCUT2D eigenvalue weighted by Gasteiger charge is 2.25. The molecule has 1 unspecified atom stereocenters. The second-order valence-electron chi connectivity index (χ2n) is 7.31. The average molecular weight is 450 g/mol. The van der Waals surface area contributed by atoms with Crippen LogP contribution in [0.2, 0.25) is 5.02 Å². The molecule has 2 heterocycles. The van der Waals surface area contributed by atoms with Crippen LogP contribution in [0.1, 0.15) is 18.4 Å². The molecule has 0 spiro atoms. The van der Waals surface area contributed by atoms with E-state index in [4.69, 9.17) is 11.6 Å². The van der Waals surface area contributed by atoms with Gasteiger partial charge in [0, 0.05) is 38.9 Å². The molecular weight excluding hydrogens is 422 g/mol. The standard InChI is InChI=1S/C21H28ClN5O2S/c1-23-21(25-12-6-14-30(28,29)16-17-7-3-2-4-8-17)26-18-10-13-27(15-18)20-19(22)9-5-11-24-20/h2-5,7-9,11,18H,6,10,12-16H2,1H3,(H2,23,25,26). The van der Waals surface area contributed by atoms with Crippen molar-refractivity contribution < 1.29 is 8.42 Å². The Labute approximate surface area is 183 Å². The van der Waals surface area contributed by atoms with Crippen molar-refractivity contribution in [1.82, 2.24) is 15.6 Å². The Bertz CT molecular complexity index is 953. The van der Waals surface area contributed by atoms with Crippen LogP contribution in [0.4, 0.5) is 5.82 Å². The van der Waals surface area contributed by atoms with E-state index in [0.717, 1.165) is 30.9 Å². The van der Waals surface area contributed by atoms with Gasteiger partial charge in [0.1, 0.15) is 5.82 Å². The zero-order valence-electron chi connectivity index (χ0n) is 17.1. The van der Waals surface area contributed by atoms with Gasteiger partial charge in [-0.05, 0) is 30.5 Å². The van der Waals surface area contributed by atoms with Gasteiger partial charge in [-0.15, -0.1) is 0 Å². The number of rotatable bonds is 8. The third-order valence-corrected chi connectivity index (χ3v) is 6.92. The topological polar surface area (TPSA) is 86.7 Å². The lowest BCUT2D eigenvalue weighted by Gasteiger charge is -2.20. The smallest absolute Gasteiger partial charge is 0.191 e. The zero-order chi connectivity index (χ0) is 21.4. The lowest BCUT2D eigenvalue weighted by Crippen LogP contribution is -2.45. The summed E-state index contributed by atoms with van der Waals surface area (Å²) >= 11 is 6.25. The summed E-state index contributed by atoms with van der Waals surface area (Å²) in [7, 11) is -1.42. The minimum Gasteiger partial charge on any atom is -0.356 e. The summed E-state index contributed by atoms with van der Waals surface area (Å²) in [6.07, 6.45) is 3.21. The number of sulfone groups is 1. The molecule has 1 fully saturated rings. The number of pyridine rings is 1. The van der Waals surface area contributed by atoms with E-state index < -0.39 is 9.84 Å². The molecule has 1 atom stereocenters. The van der Waals surface area contributed by atoms with Crippen molar-refractivity contribution in [2.24, 2.45) is 4.99 Å². The summed E-state index contributed by atoms with van der Waals surface area (Å²) in [6, 6.07) is 13.2. The van der Waals surface area contributed by atoms with Gasteiger partial charge >= 0.3 is 0 Å². The first-order valence-corrected chi connectivity index (χ1v) is 12.2. The molecule has 1 aromatic heterocycles.